The molecular weight excluding hydrogens is 366 g/mol. The first-order valence-electron chi connectivity index (χ1n) is 10.3. The standard InChI is InChI=1S/C22H32F2O4/c1-2-3-4-5-6-7-8-9-15-27-21(25)11-10-12-22(26)28-17-18-16-19(23)13-14-20(18)24/h13-14,16H,2-12,15,17H2,1H3. The van der Waals surface area contributed by atoms with Gasteiger partial charge in [-0.3, -0.25) is 9.59 Å². The predicted molar refractivity (Wildman–Crippen MR) is 104 cm³/mol. The summed E-state index contributed by atoms with van der Waals surface area (Å²) < 4.78 is 36.5. The van der Waals surface area contributed by atoms with Crippen molar-refractivity contribution in [3.8, 4) is 0 Å². The van der Waals surface area contributed by atoms with E-state index in [1.54, 1.807) is 0 Å². The van der Waals surface area contributed by atoms with Gasteiger partial charge in [-0.1, -0.05) is 51.9 Å². The molecule has 0 spiro atoms. The van der Waals surface area contributed by atoms with E-state index in [0.29, 0.717) is 13.0 Å². The van der Waals surface area contributed by atoms with E-state index in [4.69, 9.17) is 9.47 Å². The summed E-state index contributed by atoms with van der Waals surface area (Å²) in [5.41, 5.74) is -0.0156. The highest BCUT2D eigenvalue weighted by Gasteiger charge is 2.10. The van der Waals surface area contributed by atoms with Crippen molar-refractivity contribution >= 4 is 11.9 Å². The Morgan fingerprint density at radius 3 is 2.11 bits per heavy atom. The average Bonchev–Trinajstić information content (AvgIpc) is 2.67. The van der Waals surface area contributed by atoms with Gasteiger partial charge in [-0.2, -0.15) is 0 Å². The third-order valence-electron chi connectivity index (χ3n) is 4.42. The third-order valence-corrected chi connectivity index (χ3v) is 4.42. The van der Waals surface area contributed by atoms with Crippen LogP contribution in [0.4, 0.5) is 8.78 Å². The Kier molecular flexibility index (Phi) is 12.9. The number of unbranched alkanes of at least 4 members (excludes halogenated alkanes) is 7. The Labute approximate surface area is 166 Å². The van der Waals surface area contributed by atoms with Crippen molar-refractivity contribution in [2.75, 3.05) is 6.61 Å². The molecule has 0 saturated carbocycles. The zero-order valence-electron chi connectivity index (χ0n) is 16.8. The van der Waals surface area contributed by atoms with E-state index in [0.717, 1.165) is 31.0 Å². The van der Waals surface area contributed by atoms with Gasteiger partial charge < -0.3 is 9.47 Å². The first-order valence-corrected chi connectivity index (χ1v) is 10.3. The number of ether oxygens (including phenoxy) is 2. The molecule has 6 heteroatoms. The van der Waals surface area contributed by atoms with Crippen LogP contribution in [0, 0.1) is 11.6 Å². The van der Waals surface area contributed by atoms with Crippen LogP contribution in [0.1, 0.15) is 83.1 Å². The molecule has 4 nitrogen and oxygen atoms in total. The molecule has 0 saturated heterocycles. The van der Waals surface area contributed by atoms with E-state index in [1.807, 2.05) is 0 Å². The van der Waals surface area contributed by atoms with E-state index in [1.165, 1.54) is 38.5 Å². The van der Waals surface area contributed by atoms with Crippen molar-refractivity contribution in [2.24, 2.45) is 0 Å². The maximum Gasteiger partial charge on any atom is 0.306 e. The highest BCUT2D eigenvalue weighted by molar-refractivity contribution is 5.72. The molecule has 158 valence electrons. The van der Waals surface area contributed by atoms with Gasteiger partial charge >= 0.3 is 11.9 Å². The van der Waals surface area contributed by atoms with Crippen LogP contribution in [0.5, 0.6) is 0 Å². The summed E-state index contributed by atoms with van der Waals surface area (Å²) in [4.78, 5) is 23.3. The van der Waals surface area contributed by atoms with Crippen LogP contribution in [-0.4, -0.2) is 18.5 Å². The number of rotatable bonds is 15. The van der Waals surface area contributed by atoms with E-state index >= 15 is 0 Å². The van der Waals surface area contributed by atoms with E-state index in [9.17, 15) is 18.4 Å². The highest BCUT2D eigenvalue weighted by atomic mass is 19.1. The smallest absolute Gasteiger partial charge is 0.306 e. The van der Waals surface area contributed by atoms with Crippen molar-refractivity contribution < 1.29 is 27.8 Å². The van der Waals surface area contributed by atoms with E-state index in [2.05, 4.69) is 6.92 Å². The number of carbonyl (C=O) groups is 2. The van der Waals surface area contributed by atoms with Crippen LogP contribution in [0.3, 0.4) is 0 Å². The van der Waals surface area contributed by atoms with Crippen LogP contribution < -0.4 is 0 Å². The maximum atomic E-state index is 13.4. The van der Waals surface area contributed by atoms with Gasteiger partial charge in [0.1, 0.15) is 18.2 Å². The lowest BCUT2D eigenvalue weighted by molar-refractivity contribution is -0.146. The van der Waals surface area contributed by atoms with Gasteiger partial charge in [0.15, 0.2) is 0 Å². The van der Waals surface area contributed by atoms with Crippen molar-refractivity contribution in [1.29, 1.82) is 0 Å². The van der Waals surface area contributed by atoms with Gasteiger partial charge in [0, 0.05) is 18.4 Å². The second-order valence-corrected chi connectivity index (χ2v) is 6.95. The summed E-state index contributed by atoms with van der Waals surface area (Å²) in [5, 5.41) is 0. The number of carbonyl (C=O) groups excluding carboxylic acids is 2. The van der Waals surface area contributed by atoms with Crippen molar-refractivity contribution in [3.63, 3.8) is 0 Å². The SMILES string of the molecule is CCCCCCCCCCOC(=O)CCCC(=O)OCc1cc(F)ccc1F. The second-order valence-electron chi connectivity index (χ2n) is 6.95. The molecule has 28 heavy (non-hydrogen) atoms. The first-order chi connectivity index (χ1) is 13.5. The summed E-state index contributed by atoms with van der Waals surface area (Å²) in [5.74, 6) is -2.10. The molecule has 1 rings (SSSR count). The van der Waals surface area contributed by atoms with Crippen LogP contribution in [0.25, 0.3) is 0 Å². The molecule has 0 aliphatic carbocycles. The van der Waals surface area contributed by atoms with E-state index in [-0.39, 0.29) is 31.0 Å². The quantitative estimate of drug-likeness (QED) is 0.274. The molecule has 0 radical (unpaired) electrons. The molecule has 0 fully saturated rings. The Morgan fingerprint density at radius 1 is 0.821 bits per heavy atom. The maximum absolute atomic E-state index is 13.4. The molecular formula is C22H32F2O4. The van der Waals surface area contributed by atoms with Crippen LogP contribution in [0.15, 0.2) is 18.2 Å². The highest BCUT2D eigenvalue weighted by Crippen LogP contribution is 2.12. The molecule has 0 amide bonds. The minimum Gasteiger partial charge on any atom is -0.466 e. The van der Waals surface area contributed by atoms with E-state index < -0.39 is 17.6 Å². The second kappa shape index (κ2) is 15.0. The van der Waals surface area contributed by atoms with Gasteiger partial charge in [0.2, 0.25) is 0 Å². The summed E-state index contributed by atoms with van der Waals surface area (Å²) >= 11 is 0. The Morgan fingerprint density at radius 2 is 1.43 bits per heavy atom. The summed E-state index contributed by atoms with van der Waals surface area (Å²) in [7, 11) is 0. The fourth-order valence-corrected chi connectivity index (χ4v) is 2.76. The van der Waals surface area contributed by atoms with Crippen molar-refractivity contribution in [2.45, 2.75) is 84.2 Å². The molecule has 1 aromatic carbocycles. The fourth-order valence-electron chi connectivity index (χ4n) is 2.76. The number of esters is 2. The molecule has 0 N–H and O–H groups in total. The lowest BCUT2D eigenvalue weighted by atomic mass is 10.1. The van der Waals surface area contributed by atoms with Crippen molar-refractivity contribution in [1.82, 2.24) is 0 Å². The zero-order chi connectivity index (χ0) is 20.6. The minimum absolute atomic E-state index is 0.0156. The lowest BCUT2D eigenvalue weighted by Gasteiger charge is -2.07. The minimum atomic E-state index is -0.626. The normalized spacial score (nSPS) is 10.7. The third kappa shape index (κ3) is 11.7. The molecule has 0 aliphatic rings. The number of halogens is 2. The van der Waals surface area contributed by atoms with Crippen molar-refractivity contribution in [3.05, 3.63) is 35.4 Å². The van der Waals surface area contributed by atoms with Gasteiger partial charge in [-0.15, -0.1) is 0 Å². The van der Waals surface area contributed by atoms with Crippen LogP contribution in [0.2, 0.25) is 0 Å². The molecule has 0 atom stereocenters. The van der Waals surface area contributed by atoms with Gasteiger partial charge in [0.25, 0.3) is 0 Å². The lowest BCUT2D eigenvalue weighted by Crippen LogP contribution is -2.09. The zero-order valence-corrected chi connectivity index (χ0v) is 16.8. The molecule has 0 heterocycles. The topological polar surface area (TPSA) is 52.6 Å². The Balaban J connectivity index is 2.00. The number of hydrogen-bond acceptors (Lipinski definition) is 4. The molecule has 1 aromatic rings. The fraction of sp³-hybridized carbons (Fsp3) is 0.636. The molecule has 0 aromatic heterocycles. The Bertz CT molecular complexity index is 590. The number of benzene rings is 1. The summed E-state index contributed by atoms with van der Waals surface area (Å²) in [6.45, 7) is 2.29. The number of hydrogen-bond donors (Lipinski definition) is 0. The molecule has 0 aliphatic heterocycles. The summed E-state index contributed by atoms with van der Waals surface area (Å²) in [6.07, 6.45) is 9.91. The predicted octanol–water partition coefficient (Wildman–Crippen LogP) is 5.86. The van der Waals surface area contributed by atoms with Crippen LogP contribution in [-0.2, 0) is 25.7 Å². The first kappa shape index (κ1) is 24.1. The monoisotopic (exact) mass is 398 g/mol. The van der Waals surface area contributed by atoms with Gasteiger partial charge in [0.05, 0.1) is 6.61 Å². The van der Waals surface area contributed by atoms with Crippen LogP contribution >= 0.6 is 0 Å². The Hall–Kier alpha value is -1.98. The van der Waals surface area contributed by atoms with Gasteiger partial charge in [-0.05, 0) is 31.0 Å². The molecule has 0 bridgehead atoms. The van der Waals surface area contributed by atoms with Gasteiger partial charge in [-0.25, -0.2) is 8.78 Å². The largest absolute Gasteiger partial charge is 0.466 e. The summed E-state index contributed by atoms with van der Waals surface area (Å²) in [6, 6.07) is 2.98. The molecule has 0 unspecified atom stereocenters. The average molecular weight is 398 g/mol.